The van der Waals surface area contributed by atoms with Crippen LogP contribution < -0.4 is 0 Å². The molecular formula is C26H32F2O. The number of halogens is 2. The second-order valence-electron chi connectivity index (χ2n) is 8.93. The van der Waals surface area contributed by atoms with Gasteiger partial charge in [-0.25, -0.2) is 0 Å². The largest absolute Gasteiger partial charge is 0.355 e. The third-order valence-electron chi connectivity index (χ3n) is 6.96. The van der Waals surface area contributed by atoms with E-state index in [0.717, 1.165) is 32.1 Å². The molecule has 1 saturated heterocycles. The zero-order chi connectivity index (χ0) is 20.3. The SMILES string of the molecule is CCCc1ccc(-c2ccc(C3CCC(C4CCC(F)(F)OC4)CC3)cc2)cc1. The van der Waals surface area contributed by atoms with Gasteiger partial charge in [-0.05, 0) is 78.5 Å². The van der Waals surface area contributed by atoms with E-state index in [1.807, 2.05) is 0 Å². The number of ether oxygens (including phenoxy) is 1. The first kappa shape index (κ1) is 20.5. The molecule has 0 bridgehead atoms. The Morgan fingerprint density at radius 1 is 0.828 bits per heavy atom. The van der Waals surface area contributed by atoms with E-state index in [0.29, 0.717) is 24.2 Å². The van der Waals surface area contributed by atoms with Gasteiger partial charge in [0.25, 0.3) is 0 Å². The van der Waals surface area contributed by atoms with Gasteiger partial charge in [0.05, 0.1) is 6.61 Å². The minimum Gasteiger partial charge on any atom is -0.320 e. The van der Waals surface area contributed by atoms with Crippen LogP contribution in [-0.4, -0.2) is 12.7 Å². The predicted octanol–water partition coefficient (Wildman–Crippen LogP) is 7.60. The van der Waals surface area contributed by atoms with Crippen molar-refractivity contribution in [1.29, 1.82) is 0 Å². The maximum Gasteiger partial charge on any atom is 0.355 e. The summed E-state index contributed by atoms with van der Waals surface area (Å²) in [6, 6.07) is 18.0. The fourth-order valence-electron chi connectivity index (χ4n) is 5.13. The molecule has 1 aliphatic heterocycles. The van der Waals surface area contributed by atoms with E-state index in [2.05, 4.69) is 55.5 Å². The van der Waals surface area contributed by atoms with Gasteiger partial charge in [-0.15, -0.1) is 0 Å². The number of alkyl halides is 2. The van der Waals surface area contributed by atoms with Crippen molar-refractivity contribution in [2.24, 2.45) is 11.8 Å². The molecule has 0 aromatic heterocycles. The normalized spacial score (nSPS) is 26.9. The average molecular weight is 399 g/mol. The molecule has 2 aliphatic rings. The first-order valence-electron chi connectivity index (χ1n) is 11.2. The highest BCUT2D eigenvalue weighted by atomic mass is 19.3. The number of aryl methyl sites for hydroxylation is 1. The molecule has 1 nitrogen and oxygen atoms in total. The number of rotatable bonds is 5. The smallest absolute Gasteiger partial charge is 0.320 e. The third kappa shape index (κ3) is 5.06. The van der Waals surface area contributed by atoms with Crippen molar-refractivity contribution in [2.45, 2.75) is 70.3 Å². The fourth-order valence-corrected chi connectivity index (χ4v) is 5.13. The van der Waals surface area contributed by atoms with Crippen molar-refractivity contribution < 1.29 is 13.5 Å². The zero-order valence-corrected chi connectivity index (χ0v) is 17.4. The highest BCUT2D eigenvalue weighted by Gasteiger charge is 2.39. The molecule has 156 valence electrons. The summed E-state index contributed by atoms with van der Waals surface area (Å²) in [7, 11) is 0. The van der Waals surface area contributed by atoms with Crippen molar-refractivity contribution in [3.05, 3.63) is 59.7 Å². The van der Waals surface area contributed by atoms with Gasteiger partial charge in [-0.3, -0.25) is 0 Å². The van der Waals surface area contributed by atoms with Crippen LogP contribution in [0, 0.1) is 11.8 Å². The van der Waals surface area contributed by atoms with E-state index in [9.17, 15) is 8.78 Å². The summed E-state index contributed by atoms with van der Waals surface area (Å²) in [4.78, 5) is 0. The Bertz CT molecular complexity index is 763. The zero-order valence-electron chi connectivity index (χ0n) is 17.4. The predicted molar refractivity (Wildman–Crippen MR) is 114 cm³/mol. The van der Waals surface area contributed by atoms with E-state index >= 15 is 0 Å². The van der Waals surface area contributed by atoms with Crippen LogP contribution in [0.2, 0.25) is 0 Å². The Hall–Kier alpha value is -1.74. The molecule has 1 unspecified atom stereocenters. The van der Waals surface area contributed by atoms with Gasteiger partial charge in [0, 0.05) is 6.42 Å². The molecule has 2 aromatic rings. The summed E-state index contributed by atoms with van der Waals surface area (Å²) in [6.07, 6.45) is 4.48. The van der Waals surface area contributed by atoms with E-state index in [-0.39, 0.29) is 13.0 Å². The summed E-state index contributed by atoms with van der Waals surface area (Å²) in [5.41, 5.74) is 5.36. The van der Waals surface area contributed by atoms with Crippen LogP contribution in [0.4, 0.5) is 8.78 Å². The molecule has 1 atom stereocenters. The quantitative estimate of drug-likeness (QED) is 0.504. The lowest BCUT2D eigenvalue weighted by atomic mass is 9.72. The molecule has 29 heavy (non-hydrogen) atoms. The van der Waals surface area contributed by atoms with Crippen molar-refractivity contribution in [2.75, 3.05) is 6.61 Å². The summed E-state index contributed by atoms with van der Waals surface area (Å²) >= 11 is 0. The van der Waals surface area contributed by atoms with E-state index in [1.165, 1.54) is 28.7 Å². The van der Waals surface area contributed by atoms with Crippen molar-refractivity contribution in [1.82, 2.24) is 0 Å². The maximum atomic E-state index is 13.2. The number of hydrogen-bond donors (Lipinski definition) is 0. The molecule has 0 N–H and O–H groups in total. The molecule has 0 radical (unpaired) electrons. The summed E-state index contributed by atoms with van der Waals surface area (Å²) < 4.78 is 31.2. The van der Waals surface area contributed by atoms with E-state index in [1.54, 1.807) is 0 Å². The van der Waals surface area contributed by atoms with Crippen molar-refractivity contribution in [3.8, 4) is 11.1 Å². The minimum absolute atomic E-state index is 0.113. The number of benzene rings is 2. The fraction of sp³-hybridized carbons (Fsp3) is 0.538. The van der Waals surface area contributed by atoms with Crippen LogP contribution in [0.1, 0.15) is 68.9 Å². The second-order valence-corrected chi connectivity index (χ2v) is 8.93. The third-order valence-corrected chi connectivity index (χ3v) is 6.96. The van der Waals surface area contributed by atoms with Gasteiger partial charge in [-0.2, -0.15) is 8.78 Å². The summed E-state index contributed by atoms with van der Waals surface area (Å²) in [6.45, 7) is 2.44. The lowest BCUT2D eigenvalue weighted by Gasteiger charge is -2.37. The molecule has 4 rings (SSSR count). The van der Waals surface area contributed by atoms with Crippen LogP contribution in [0.3, 0.4) is 0 Å². The van der Waals surface area contributed by atoms with Crippen LogP contribution in [0.5, 0.6) is 0 Å². The molecule has 1 heterocycles. The van der Waals surface area contributed by atoms with Gasteiger partial charge in [0.2, 0.25) is 0 Å². The lowest BCUT2D eigenvalue weighted by Crippen LogP contribution is -2.35. The minimum atomic E-state index is -2.90. The van der Waals surface area contributed by atoms with E-state index in [4.69, 9.17) is 4.74 Å². The molecular weight excluding hydrogens is 366 g/mol. The van der Waals surface area contributed by atoms with E-state index < -0.39 is 6.11 Å². The second kappa shape index (κ2) is 8.95. The van der Waals surface area contributed by atoms with Gasteiger partial charge < -0.3 is 4.74 Å². The van der Waals surface area contributed by atoms with Crippen LogP contribution >= 0.6 is 0 Å². The molecule has 0 amide bonds. The van der Waals surface area contributed by atoms with Crippen molar-refractivity contribution in [3.63, 3.8) is 0 Å². The number of hydrogen-bond acceptors (Lipinski definition) is 1. The molecule has 0 spiro atoms. The molecule has 3 heteroatoms. The Labute approximate surface area is 173 Å². The highest BCUT2D eigenvalue weighted by molar-refractivity contribution is 5.64. The Morgan fingerprint density at radius 2 is 1.45 bits per heavy atom. The van der Waals surface area contributed by atoms with Gasteiger partial charge in [-0.1, -0.05) is 61.9 Å². The van der Waals surface area contributed by atoms with Crippen LogP contribution in [-0.2, 0) is 11.2 Å². The monoisotopic (exact) mass is 398 g/mol. The Balaban J connectivity index is 1.32. The topological polar surface area (TPSA) is 9.23 Å². The summed E-state index contributed by atoms with van der Waals surface area (Å²) in [5.74, 6) is 1.45. The molecule has 1 aliphatic carbocycles. The molecule has 1 saturated carbocycles. The van der Waals surface area contributed by atoms with Crippen LogP contribution in [0.25, 0.3) is 11.1 Å². The van der Waals surface area contributed by atoms with Crippen molar-refractivity contribution >= 4 is 0 Å². The van der Waals surface area contributed by atoms with Gasteiger partial charge in [0.15, 0.2) is 0 Å². The first-order chi connectivity index (χ1) is 14.0. The molecule has 2 aromatic carbocycles. The average Bonchev–Trinajstić information content (AvgIpc) is 2.75. The Morgan fingerprint density at radius 3 is 2.00 bits per heavy atom. The Kier molecular flexibility index (Phi) is 6.34. The molecule has 2 fully saturated rings. The van der Waals surface area contributed by atoms with Crippen LogP contribution in [0.15, 0.2) is 48.5 Å². The maximum absolute atomic E-state index is 13.2. The highest BCUT2D eigenvalue weighted by Crippen LogP contribution is 2.43. The van der Waals surface area contributed by atoms with Gasteiger partial charge >= 0.3 is 6.11 Å². The first-order valence-corrected chi connectivity index (χ1v) is 11.2. The lowest BCUT2D eigenvalue weighted by molar-refractivity contribution is -0.272. The summed E-state index contributed by atoms with van der Waals surface area (Å²) in [5, 5.41) is 0. The standard InChI is InChI=1S/C26H32F2O/c1-2-3-19-4-6-20(7-5-19)21-8-10-22(11-9-21)23-12-14-24(15-13-23)25-16-17-26(27,28)29-18-25/h4-11,23-25H,2-3,12-18H2,1H3. The van der Waals surface area contributed by atoms with Gasteiger partial charge in [0.1, 0.15) is 0 Å².